The zero-order valence-electron chi connectivity index (χ0n) is 16.2. The lowest BCUT2D eigenvalue weighted by Crippen LogP contribution is -2.39. The molecular weight excluding hydrogens is 372 g/mol. The van der Waals surface area contributed by atoms with Crippen LogP contribution in [-0.4, -0.2) is 60.3 Å². The van der Waals surface area contributed by atoms with Gasteiger partial charge in [0.05, 0.1) is 14.2 Å². The van der Waals surface area contributed by atoms with Crippen molar-refractivity contribution in [2.45, 2.75) is 38.1 Å². The summed E-state index contributed by atoms with van der Waals surface area (Å²) in [6.45, 7) is 1.89. The van der Waals surface area contributed by atoms with Crippen molar-refractivity contribution in [3.63, 3.8) is 0 Å². The molecule has 2 atom stereocenters. The Hall–Kier alpha value is -2.85. The number of nitrogens with two attached hydrogens (primary N) is 1. The fraction of sp³-hybridized carbons (Fsp3) is 0.500. The molecular formula is C18H28N2O8. The molecule has 28 heavy (non-hydrogen) atoms. The smallest absolute Gasteiger partial charge is 0.326 e. The topological polar surface area (TPSA) is 180 Å². The Labute approximate surface area is 162 Å². The molecule has 1 amide bonds. The number of carbonyl (C=O) groups excluding carboxylic acids is 1. The van der Waals surface area contributed by atoms with Gasteiger partial charge < -0.3 is 36.2 Å². The number of nitrogens with one attached hydrogen (secondary N) is 1. The lowest BCUT2D eigenvalue weighted by atomic mass is 9.77. The average molecular weight is 400 g/mol. The van der Waals surface area contributed by atoms with E-state index in [0.717, 1.165) is 17.9 Å². The quantitative estimate of drug-likeness (QED) is 0.467. The second kappa shape index (κ2) is 11.8. The standard InChI is InChI=1S/C11H15NO2.C7H11NO5.H2O/c1-13-10-4-7-3-8(6-12)9(7)5-11(10)14-2;1-4(9)8-5(7(12)13)2-3-6(10)11;/h4-5,8H,3,6,12H2,1-2H3;5H,2-3H2,1H3,(H,8,9)(H,10,11)(H,12,13);1H2. The van der Waals surface area contributed by atoms with Gasteiger partial charge in [-0.2, -0.15) is 0 Å². The molecule has 0 aliphatic heterocycles. The van der Waals surface area contributed by atoms with Gasteiger partial charge in [0.2, 0.25) is 5.91 Å². The molecule has 0 radical (unpaired) electrons. The molecule has 158 valence electrons. The molecule has 0 aromatic heterocycles. The first kappa shape index (κ1) is 25.1. The van der Waals surface area contributed by atoms with Crippen molar-refractivity contribution in [1.82, 2.24) is 5.32 Å². The number of benzene rings is 1. The number of amides is 1. The lowest BCUT2D eigenvalue weighted by Gasteiger charge is -2.30. The number of carboxylic acid groups (broad SMARTS) is 2. The first-order chi connectivity index (χ1) is 12.7. The zero-order chi connectivity index (χ0) is 20.6. The summed E-state index contributed by atoms with van der Waals surface area (Å²) < 4.78 is 10.5. The summed E-state index contributed by atoms with van der Waals surface area (Å²) >= 11 is 0. The van der Waals surface area contributed by atoms with Gasteiger partial charge in [0.25, 0.3) is 0 Å². The van der Waals surface area contributed by atoms with Crippen molar-refractivity contribution in [1.29, 1.82) is 0 Å². The lowest BCUT2D eigenvalue weighted by molar-refractivity contribution is -0.142. The number of carboxylic acids is 2. The molecule has 0 saturated heterocycles. The summed E-state index contributed by atoms with van der Waals surface area (Å²) in [5, 5.41) is 18.9. The minimum absolute atomic E-state index is 0. The van der Waals surface area contributed by atoms with Crippen molar-refractivity contribution in [3.05, 3.63) is 23.3 Å². The van der Waals surface area contributed by atoms with Gasteiger partial charge in [0, 0.05) is 19.3 Å². The Balaban J connectivity index is 0.000000505. The maximum atomic E-state index is 10.5. The van der Waals surface area contributed by atoms with Crippen LogP contribution in [0.1, 0.15) is 36.8 Å². The SMILES string of the molecule is CC(=O)NC(CCC(=O)O)C(=O)O.COc1cc2c(cc1OC)C(CN)C2.O. The van der Waals surface area contributed by atoms with Gasteiger partial charge in [-0.05, 0) is 42.6 Å². The number of ether oxygens (including phenoxy) is 2. The maximum absolute atomic E-state index is 10.5. The maximum Gasteiger partial charge on any atom is 0.326 e. The van der Waals surface area contributed by atoms with Crippen molar-refractivity contribution < 1.29 is 39.5 Å². The minimum atomic E-state index is -1.23. The van der Waals surface area contributed by atoms with Crippen molar-refractivity contribution in [3.8, 4) is 11.5 Å². The average Bonchev–Trinajstić information content (AvgIpc) is 2.59. The molecule has 0 spiro atoms. The van der Waals surface area contributed by atoms with Gasteiger partial charge in [-0.3, -0.25) is 9.59 Å². The zero-order valence-corrected chi connectivity index (χ0v) is 16.2. The van der Waals surface area contributed by atoms with E-state index in [0.29, 0.717) is 12.5 Å². The highest BCUT2D eigenvalue weighted by molar-refractivity contribution is 5.82. The molecule has 0 heterocycles. The van der Waals surface area contributed by atoms with Crippen LogP contribution < -0.4 is 20.5 Å². The van der Waals surface area contributed by atoms with Gasteiger partial charge in [0.1, 0.15) is 6.04 Å². The number of methoxy groups -OCH3 is 2. The van der Waals surface area contributed by atoms with Crippen LogP contribution >= 0.6 is 0 Å². The van der Waals surface area contributed by atoms with E-state index in [2.05, 4.69) is 5.32 Å². The highest BCUT2D eigenvalue weighted by Gasteiger charge is 2.27. The summed E-state index contributed by atoms with van der Waals surface area (Å²) in [6, 6.07) is 2.96. The monoisotopic (exact) mass is 400 g/mol. The van der Waals surface area contributed by atoms with Crippen LogP contribution in [0.5, 0.6) is 11.5 Å². The Morgan fingerprint density at radius 1 is 1.21 bits per heavy atom. The van der Waals surface area contributed by atoms with Crippen molar-refractivity contribution in [2.75, 3.05) is 20.8 Å². The van der Waals surface area contributed by atoms with Crippen LogP contribution in [0.15, 0.2) is 12.1 Å². The van der Waals surface area contributed by atoms with E-state index >= 15 is 0 Å². The van der Waals surface area contributed by atoms with E-state index in [1.807, 2.05) is 12.1 Å². The fourth-order valence-corrected chi connectivity index (χ4v) is 2.72. The molecule has 1 aliphatic rings. The van der Waals surface area contributed by atoms with Crippen LogP contribution in [0.3, 0.4) is 0 Å². The molecule has 1 aromatic carbocycles. The van der Waals surface area contributed by atoms with Gasteiger partial charge in [0.15, 0.2) is 11.5 Å². The molecule has 0 fully saturated rings. The second-order valence-electron chi connectivity index (χ2n) is 6.07. The summed E-state index contributed by atoms with van der Waals surface area (Å²) in [7, 11) is 3.31. The predicted molar refractivity (Wildman–Crippen MR) is 101 cm³/mol. The van der Waals surface area contributed by atoms with Gasteiger partial charge in [-0.15, -0.1) is 0 Å². The van der Waals surface area contributed by atoms with Crippen LogP contribution in [0.2, 0.25) is 0 Å². The minimum Gasteiger partial charge on any atom is -0.493 e. The van der Waals surface area contributed by atoms with E-state index in [9.17, 15) is 14.4 Å². The van der Waals surface area contributed by atoms with E-state index in [1.165, 1.54) is 18.1 Å². The normalized spacial score (nSPS) is 14.6. The third-order valence-corrected chi connectivity index (χ3v) is 4.16. The third-order valence-electron chi connectivity index (χ3n) is 4.16. The Bertz CT molecular complexity index is 692. The predicted octanol–water partition coefficient (Wildman–Crippen LogP) is -0.0820. The Morgan fingerprint density at radius 3 is 2.21 bits per heavy atom. The van der Waals surface area contributed by atoms with E-state index in [1.54, 1.807) is 14.2 Å². The number of hydrogen-bond acceptors (Lipinski definition) is 6. The van der Waals surface area contributed by atoms with Crippen molar-refractivity contribution >= 4 is 17.8 Å². The van der Waals surface area contributed by atoms with Crippen molar-refractivity contribution in [2.24, 2.45) is 5.73 Å². The van der Waals surface area contributed by atoms with E-state index in [-0.39, 0.29) is 18.3 Å². The Kier molecular flexibility index (Phi) is 10.6. The fourth-order valence-electron chi connectivity index (χ4n) is 2.72. The second-order valence-corrected chi connectivity index (χ2v) is 6.07. The van der Waals surface area contributed by atoms with Gasteiger partial charge in [-0.25, -0.2) is 4.79 Å². The van der Waals surface area contributed by atoms with Crippen LogP contribution in [-0.2, 0) is 20.8 Å². The molecule has 10 nitrogen and oxygen atoms in total. The highest BCUT2D eigenvalue weighted by atomic mass is 16.5. The molecule has 10 heteroatoms. The molecule has 2 unspecified atom stereocenters. The summed E-state index contributed by atoms with van der Waals surface area (Å²) in [5.41, 5.74) is 8.28. The van der Waals surface area contributed by atoms with E-state index in [4.69, 9.17) is 25.4 Å². The van der Waals surface area contributed by atoms with E-state index < -0.39 is 23.9 Å². The first-order valence-electron chi connectivity index (χ1n) is 8.40. The molecule has 1 aromatic rings. The molecule has 0 saturated carbocycles. The molecule has 1 aliphatic carbocycles. The van der Waals surface area contributed by atoms with Crippen LogP contribution in [0.25, 0.3) is 0 Å². The highest BCUT2D eigenvalue weighted by Crippen LogP contribution is 2.41. The summed E-state index contributed by atoms with van der Waals surface area (Å²) in [4.78, 5) is 31.0. The third kappa shape index (κ3) is 7.05. The first-order valence-corrected chi connectivity index (χ1v) is 8.40. The number of fused-ring (bicyclic) bond motifs is 1. The summed E-state index contributed by atoms with van der Waals surface area (Å²) in [6.07, 6.45) is 0.674. The number of carbonyl (C=O) groups is 3. The molecule has 0 bridgehead atoms. The number of rotatable bonds is 8. The number of aliphatic carboxylic acids is 2. The van der Waals surface area contributed by atoms with Gasteiger partial charge >= 0.3 is 11.9 Å². The van der Waals surface area contributed by atoms with Crippen LogP contribution in [0.4, 0.5) is 0 Å². The largest absolute Gasteiger partial charge is 0.493 e. The molecule has 7 N–H and O–H groups in total. The molecule has 2 rings (SSSR count). The van der Waals surface area contributed by atoms with Gasteiger partial charge in [-0.1, -0.05) is 0 Å². The van der Waals surface area contributed by atoms with Crippen LogP contribution in [0, 0.1) is 0 Å². The number of hydrogen-bond donors (Lipinski definition) is 4. The Morgan fingerprint density at radius 2 is 1.79 bits per heavy atom. The summed E-state index contributed by atoms with van der Waals surface area (Å²) in [5.74, 6) is -0.693.